The van der Waals surface area contributed by atoms with Gasteiger partial charge in [0.1, 0.15) is 0 Å². The molecule has 2 fully saturated rings. The van der Waals surface area contributed by atoms with Gasteiger partial charge in [0.25, 0.3) is 0 Å². The fourth-order valence-corrected chi connectivity index (χ4v) is 3.55. The molecule has 0 radical (unpaired) electrons. The fraction of sp³-hybridized carbons (Fsp3) is 0.875. The predicted octanol–water partition coefficient (Wildman–Crippen LogP) is 1.64. The van der Waals surface area contributed by atoms with Gasteiger partial charge in [-0.3, -0.25) is 15.0 Å². The molecule has 1 spiro atoms. The van der Waals surface area contributed by atoms with Gasteiger partial charge in [0.2, 0.25) is 5.91 Å². The molecule has 3 N–H and O–H groups in total. The van der Waals surface area contributed by atoms with Crippen molar-refractivity contribution in [3.8, 4) is 0 Å². The molecule has 0 atom stereocenters. The van der Waals surface area contributed by atoms with Crippen molar-refractivity contribution in [1.82, 2.24) is 20.9 Å². The summed E-state index contributed by atoms with van der Waals surface area (Å²) in [5.74, 6) is -0.214. The first-order chi connectivity index (χ1) is 10.3. The van der Waals surface area contributed by atoms with Gasteiger partial charge < -0.3 is 10.6 Å². The number of hydrogen-bond donors (Lipinski definition) is 3. The molecule has 2 rings (SSSR count). The number of imide groups is 1. The van der Waals surface area contributed by atoms with Crippen molar-refractivity contribution in [2.75, 3.05) is 26.2 Å². The zero-order chi connectivity index (χ0) is 16.2. The standard InChI is InChI=1S/C16H30N4O2.ClH/c1-15(2,3)19-14(22)18-13(21)11-20-10-9-17-12-16(20)7-5-4-6-8-16;/h17H,4-12H2,1-3H3,(H2,18,19,21,22);1H. The summed E-state index contributed by atoms with van der Waals surface area (Å²) in [5, 5.41) is 8.68. The Morgan fingerprint density at radius 3 is 2.43 bits per heavy atom. The number of carbonyl (C=O) groups excluding carboxylic acids is 2. The normalized spacial score (nSPS) is 21.3. The summed E-state index contributed by atoms with van der Waals surface area (Å²) in [5.41, 5.74) is -0.238. The highest BCUT2D eigenvalue weighted by Gasteiger charge is 2.40. The van der Waals surface area contributed by atoms with E-state index in [9.17, 15) is 9.59 Å². The minimum Gasteiger partial charge on any atom is -0.333 e. The molecule has 1 aliphatic heterocycles. The van der Waals surface area contributed by atoms with Crippen LogP contribution < -0.4 is 16.0 Å². The lowest BCUT2D eigenvalue weighted by molar-refractivity contribution is -0.123. The second-order valence-electron chi connectivity index (χ2n) is 7.64. The molecule has 3 amide bonds. The zero-order valence-corrected chi connectivity index (χ0v) is 15.4. The van der Waals surface area contributed by atoms with E-state index in [0.29, 0.717) is 6.54 Å². The summed E-state index contributed by atoms with van der Waals surface area (Å²) in [6, 6.07) is -0.412. The fourth-order valence-electron chi connectivity index (χ4n) is 3.55. The van der Waals surface area contributed by atoms with Gasteiger partial charge in [-0.15, -0.1) is 12.4 Å². The zero-order valence-electron chi connectivity index (χ0n) is 14.5. The molecule has 2 aliphatic rings. The number of urea groups is 1. The molecule has 0 unspecified atom stereocenters. The van der Waals surface area contributed by atoms with Crippen molar-refractivity contribution in [2.45, 2.75) is 64.0 Å². The molecule has 134 valence electrons. The Balaban J connectivity index is 0.00000264. The second-order valence-corrected chi connectivity index (χ2v) is 7.64. The number of nitrogens with one attached hydrogen (secondary N) is 3. The molecule has 1 heterocycles. The molecular weight excluding hydrogens is 316 g/mol. The summed E-state index contributed by atoms with van der Waals surface area (Å²) in [6.45, 7) is 8.71. The van der Waals surface area contributed by atoms with Crippen molar-refractivity contribution >= 4 is 24.3 Å². The van der Waals surface area contributed by atoms with Crippen LogP contribution in [0.2, 0.25) is 0 Å². The number of rotatable bonds is 2. The number of piperazine rings is 1. The minimum absolute atomic E-state index is 0. The van der Waals surface area contributed by atoms with Gasteiger partial charge in [0, 0.05) is 30.7 Å². The van der Waals surface area contributed by atoms with E-state index in [-0.39, 0.29) is 29.4 Å². The lowest BCUT2D eigenvalue weighted by Crippen LogP contribution is -2.64. The summed E-state index contributed by atoms with van der Waals surface area (Å²) >= 11 is 0. The van der Waals surface area contributed by atoms with Gasteiger partial charge in [0.15, 0.2) is 0 Å². The summed E-state index contributed by atoms with van der Waals surface area (Å²) in [7, 11) is 0. The van der Waals surface area contributed by atoms with Gasteiger partial charge in [-0.2, -0.15) is 0 Å². The topological polar surface area (TPSA) is 73.5 Å². The third kappa shape index (κ3) is 5.94. The van der Waals surface area contributed by atoms with E-state index in [0.717, 1.165) is 32.5 Å². The predicted molar refractivity (Wildman–Crippen MR) is 93.9 cm³/mol. The molecule has 1 aliphatic carbocycles. The van der Waals surface area contributed by atoms with Gasteiger partial charge in [-0.1, -0.05) is 19.3 Å². The number of nitrogens with zero attached hydrogens (tertiary/aromatic N) is 1. The van der Waals surface area contributed by atoms with E-state index in [1.807, 2.05) is 20.8 Å². The van der Waals surface area contributed by atoms with Crippen molar-refractivity contribution in [3.05, 3.63) is 0 Å². The van der Waals surface area contributed by atoms with Crippen LogP contribution in [-0.2, 0) is 4.79 Å². The lowest BCUT2D eigenvalue weighted by Gasteiger charge is -2.49. The van der Waals surface area contributed by atoms with Crippen LogP contribution >= 0.6 is 12.4 Å². The molecule has 0 aromatic carbocycles. The van der Waals surface area contributed by atoms with Gasteiger partial charge in [-0.25, -0.2) is 4.79 Å². The van der Waals surface area contributed by atoms with Crippen LogP contribution in [0, 0.1) is 0 Å². The van der Waals surface area contributed by atoms with E-state index in [1.165, 1.54) is 19.3 Å². The van der Waals surface area contributed by atoms with Gasteiger partial charge >= 0.3 is 6.03 Å². The van der Waals surface area contributed by atoms with E-state index >= 15 is 0 Å². The maximum atomic E-state index is 12.2. The number of amides is 3. The third-order valence-electron chi connectivity index (χ3n) is 4.54. The van der Waals surface area contributed by atoms with E-state index in [4.69, 9.17) is 0 Å². The number of carbonyl (C=O) groups is 2. The van der Waals surface area contributed by atoms with Gasteiger partial charge in [-0.05, 0) is 33.6 Å². The van der Waals surface area contributed by atoms with Crippen molar-refractivity contribution in [3.63, 3.8) is 0 Å². The van der Waals surface area contributed by atoms with Crippen LogP contribution in [-0.4, -0.2) is 54.1 Å². The SMILES string of the molecule is CC(C)(C)NC(=O)NC(=O)CN1CCNCC12CCCCC2.Cl. The first kappa shape index (κ1) is 20.2. The monoisotopic (exact) mass is 346 g/mol. The molecule has 0 aromatic rings. The van der Waals surface area contributed by atoms with E-state index < -0.39 is 6.03 Å². The molecule has 0 aromatic heterocycles. The van der Waals surface area contributed by atoms with E-state index in [1.54, 1.807) is 0 Å². The Bertz CT molecular complexity index is 409. The van der Waals surface area contributed by atoms with Crippen LogP contribution in [0.15, 0.2) is 0 Å². The molecule has 23 heavy (non-hydrogen) atoms. The number of hydrogen-bond acceptors (Lipinski definition) is 4. The summed E-state index contributed by atoms with van der Waals surface area (Å²) in [4.78, 5) is 26.3. The Morgan fingerprint density at radius 2 is 1.83 bits per heavy atom. The molecule has 7 heteroatoms. The molecule has 1 saturated carbocycles. The maximum Gasteiger partial charge on any atom is 0.321 e. The minimum atomic E-state index is -0.412. The summed E-state index contributed by atoms with van der Waals surface area (Å²) in [6.07, 6.45) is 6.02. The maximum absolute atomic E-state index is 12.2. The molecule has 1 saturated heterocycles. The largest absolute Gasteiger partial charge is 0.333 e. The highest BCUT2D eigenvalue weighted by atomic mass is 35.5. The first-order valence-electron chi connectivity index (χ1n) is 8.39. The average molecular weight is 347 g/mol. The van der Waals surface area contributed by atoms with Crippen molar-refractivity contribution in [2.24, 2.45) is 0 Å². The molecule has 0 bridgehead atoms. The smallest absolute Gasteiger partial charge is 0.321 e. The second kappa shape index (κ2) is 8.31. The van der Waals surface area contributed by atoms with Crippen LogP contribution in [0.25, 0.3) is 0 Å². The van der Waals surface area contributed by atoms with E-state index in [2.05, 4.69) is 20.9 Å². The van der Waals surface area contributed by atoms with Crippen LogP contribution in [0.4, 0.5) is 4.79 Å². The first-order valence-corrected chi connectivity index (χ1v) is 8.39. The Labute approximate surface area is 145 Å². The van der Waals surface area contributed by atoms with Crippen molar-refractivity contribution < 1.29 is 9.59 Å². The summed E-state index contributed by atoms with van der Waals surface area (Å²) < 4.78 is 0. The lowest BCUT2D eigenvalue weighted by atomic mass is 9.79. The highest BCUT2D eigenvalue weighted by Crippen LogP contribution is 2.34. The van der Waals surface area contributed by atoms with Crippen LogP contribution in [0.5, 0.6) is 0 Å². The third-order valence-corrected chi connectivity index (χ3v) is 4.54. The number of halogens is 1. The van der Waals surface area contributed by atoms with Crippen LogP contribution in [0.3, 0.4) is 0 Å². The van der Waals surface area contributed by atoms with Crippen molar-refractivity contribution in [1.29, 1.82) is 0 Å². The molecule has 6 nitrogen and oxygen atoms in total. The average Bonchev–Trinajstić information content (AvgIpc) is 2.40. The Morgan fingerprint density at radius 1 is 1.17 bits per heavy atom. The van der Waals surface area contributed by atoms with Crippen LogP contribution in [0.1, 0.15) is 52.9 Å². The highest BCUT2D eigenvalue weighted by molar-refractivity contribution is 5.95. The Hall–Kier alpha value is -0.850. The molecular formula is C16H31ClN4O2. The Kier molecular flexibility index (Phi) is 7.29. The van der Waals surface area contributed by atoms with Gasteiger partial charge in [0.05, 0.1) is 6.54 Å². The quantitative estimate of drug-likeness (QED) is 0.710.